The largest absolute Gasteiger partial charge is 0.284 e. The Labute approximate surface area is 157 Å². The van der Waals surface area contributed by atoms with Crippen LogP contribution in [0, 0.1) is 5.92 Å². The maximum Gasteiger partial charge on any atom is 0.284 e. The molecule has 3 aromatic rings. The van der Waals surface area contributed by atoms with E-state index in [2.05, 4.69) is 10.1 Å². The molecule has 2 aromatic heterocycles. The fourth-order valence-corrected chi connectivity index (χ4v) is 2.95. The predicted molar refractivity (Wildman–Crippen MR) is 106 cm³/mol. The minimum Gasteiger partial charge on any atom is -0.267 e. The first-order valence-electron chi connectivity index (χ1n) is 9.14. The minimum absolute atomic E-state index is 0.0473. The van der Waals surface area contributed by atoms with Gasteiger partial charge in [0.1, 0.15) is 5.49 Å². The highest BCUT2D eigenvalue weighted by atomic mass is 16.2. The average molecular weight is 364 g/mol. The average Bonchev–Trinajstić information content (AvgIpc) is 2.63. The van der Waals surface area contributed by atoms with Crippen molar-refractivity contribution in [2.24, 2.45) is 10.9 Å². The molecule has 1 aromatic carbocycles. The third-order valence-corrected chi connectivity index (χ3v) is 4.06. The van der Waals surface area contributed by atoms with E-state index in [0.717, 1.165) is 0 Å². The fraction of sp³-hybridized carbons (Fsp3) is 0.333. The summed E-state index contributed by atoms with van der Waals surface area (Å²) in [5.41, 5.74) is 0.633. The second kappa shape index (κ2) is 7.70. The van der Waals surface area contributed by atoms with Gasteiger partial charge in [-0.1, -0.05) is 38.1 Å². The van der Waals surface area contributed by atoms with Crippen LogP contribution in [0.4, 0.5) is 0 Å². The minimum atomic E-state index is -0.302. The molecule has 140 valence electrons. The molecule has 0 fully saturated rings. The van der Waals surface area contributed by atoms with Gasteiger partial charge in [0, 0.05) is 24.2 Å². The van der Waals surface area contributed by atoms with Gasteiger partial charge in [-0.3, -0.25) is 19.1 Å². The van der Waals surface area contributed by atoms with Crippen LogP contribution in [0.25, 0.3) is 10.8 Å². The molecule has 6 nitrogen and oxygen atoms in total. The van der Waals surface area contributed by atoms with Gasteiger partial charge in [-0.05, 0) is 38.0 Å². The summed E-state index contributed by atoms with van der Waals surface area (Å²) < 4.78 is 2.88. The van der Waals surface area contributed by atoms with Crippen LogP contribution in [0.3, 0.4) is 0 Å². The Bertz CT molecular complexity index is 1110. The quantitative estimate of drug-likeness (QED) is 0.715. The van der Waals surface area contributed by atoms with Crippen LogP contribution >= 0.6 is 0 Å². The first kappa shape index (κ1) is 18.8. The van der Waals surface area contributed by atoms with Crippen molar-refractivity contribution in [3.8, 4) is 0 Å². The third kappa shape index (κ3) is 3.89. The van der Waals surface area contributed by atoms with Gasteiger partial charge < -0.3 is 0 Å². The number of hydrogen-bond donors (Lipinski definition) is 0. The Hall–Kier alpha value is -3.02. The lowest BCUT2D eigenvalue weighted by atomic mass is 10.1. The van der Waals surface area contributed by atoms with Gasteiger partial charge in [-0.25, -0.2) is 4.68 Å². The maximum absolute atomic E-state index is 13.3. The molecular weight excluding hydrogens is 340 g/mol. The molecule has 0 aliphatic carbocycles. The SMILES string of the molecule is CC(C)Cn1nc(C(=O)n2ccccc2=NC(C)C)c2ccccc2c1=O. The molecule has 0 unspecified atom stereocenters. The lowest BCUT2D eigenvalue weighted by Gasteiger charge is -2.13. The Morgan fingerprint density at radius 1 is 1.04 bits per heavy atom. The lowest BCUT2D eigenvalue weighted by Crippen LogP contribution is -2.32. The lowest BCUT2D eigenvalue weighted by molar-refractivity contribution is 0.0948. The van der Waals surface area contributed by atoms with E-state index in [4.69, 9.17) is 0 Å². The van der Waals surface area contributed by atoms with Crippen LogP contribution in [0.1, 0.15) is 38.2 Å². The van der Waals surface area contributed by atoms with E-state index in [-0.39, 0.29) is 29.1 Å². The maximum atomic E-state index is 13.3. The zero-order valence-electron chi connectivity index (χ0n) is 16.1. The van der Waals surface area contributed by atoms with E-state index in [0.29, 0.717) is 22.8 Å². The van der Waals surface area contributed by atoms with Crippen molar-refractivity contribution in [1.82, 2.24) is 14.3 Å². The Morgan fingerprint density at radius 2 is 1.70 bits per heavy atom. The molecule has 3 rings (SSSR count). The van der Waals surface area contributed by atoms with Crippen molar-refractivity contribution >= 4 is 16.7 Å². The first-order chi connectivity index (χ1) is 12.9. The van der Waals surface area contributed by atoms with E-state index >= 15 is 0 Å². The topological polar surface area (TPSA) is 69.2 Å². The summed E-state index contributed by atoms with van der Waals surface area (Å²) in [6, 6.07) is 12.6. The molecule has 0 radical (unpaired) electrons. The zero-order chi connectivity index (χ0) is 19.6. The molecular formula is C21H24N4O2. The van der Waals surface area contributed by atoms with E-state index < -0.39 is 0 Å². The molecule has 0 bridgehead atoms. The van der Waals surface area contributed by atoms with Gasteiger partial charge in [-0.2, -0.15) is 5.10 Å². The fourth-order valence-electron chi connectivity index (χ4n) is 2.95. The molecule has 0 amide bonds. The summed E-state index contributed by atoms with van der Waals surface area (Å²) in [5, 5.41) is 5.48. The summed E-state index contributed by atoms with van der Waals surface area (Å²) in [6.45, 7) is 8.38. The molecule has 0 aliphatic heterocycles. The number of rotatable bonds is 4. The molecule has 0 aliphatic rings. The van der Waals surface area contributed by atoms with Gasteiger partial charge in [-0.15, -0.1) is 0 Å². The van der Waals surface area contributed by atoms with Crippen LogP contribution in [0.15, 0.2) is 58.4 Å². The summed E-state index contributed by atoms with van der Waals surface area (Å²) in [7, 11) is 0. The standard InChI is InChI=1S/C21H24N4O2/c1-14(2)13-25-20(26)17-10-6-5-9-16(17)19(23-25)21(27)24-12-8-7-11-18(24)22-15(3)4/h5-12,14-15H,13H2,1-4H3. The smallest absolute Gasteiger partial charge is 0.267 e. The van der Waals surface area contributed by atoms with Crippen LogP contribution in [-0.4, -0.2) is 26.3 Å². The number of nitrogens with zero attached hydrogens (tertiary/aromatic N) is 4. The predicted octanol–water partition coefficient (Wildman–Crippen LogP) is 2.85. The molecule has 27 heavy (non-hydrogen) atoms. The molecule has 0 spiro atoms. The molecule has 0 N–H and O–H groups in total. The van der Waals surface area contributed by atoms with E-state index in [1.165, 1.54) is 9.25 Å². The van der Waals surface area contributed by atoms with Crippen molar-refractivity contribution in [3.63, 3.8) is 0 Å². The Kier molecular flexibility index (Phi) is 5.35. The summed E-state index contributed by atoms with van der Waals surface area (Å²) in [6.07, 6.45) is 1.68. The zero-order valence-corrected chi connectivity index (χ0v) is 16.1. The highest BCUT2D eigenvalue weighted by Gasteiger charge is 2.18. The summed E-state index contributed by atoms with van der Waals surface area (Å²) in [5.74, 6) is -0.0705. The molecule has 0 saturated carbocycles. The van der Waals surface area contributed by atoms with Crippen molar-refractivity contribution < 1.29 is 4.79 Å². The Morgan fingerprint density at radius 3 is 2.37 bits per heavy atom. The molecule has 0 saturated heterocycles. The monoisotopic (exact) mass is 364 g/mol. The molecule has 0 atom stereocenters. The van der Waals surface area contributed by atoms with Crippen LogP contribution in [-0.2, 0) is 6.54 Å². The number of aromatic nitrogens is 3. The normalized spacial score (nSPS) is 12.3. The first-order valence-corrected chi connectivity index (χ1v) is 9.14. The van der Waals surface area contributed by atoms with E-state index in [1.807, 2.05) is 39.8 Å². The van der Waals surface area contributed by atoms with E-state index in [9.17, 15) is 9.59 Å². The second-order valence-electron chi connectivity index (χ2n) is 7.23. The van der Waals surface area contributed by atoms with Gasteiger partial charge >= 0.3 is 0 Å². The summed E-state index contributed by atoms with van der Waals surface area (Å²) >= 11 is 0. The van der Waals surface area contributed by atoms with Crippen molar-refractivity contribution in [2.45, 2.75) is 40.3 Å². The Balaban J connectivity index is 2.27. The molecule has 6 heteroatoms. The number of pyridine rings is 1. The van der Waals surface area contributed by atoms with Crippen molar-refractivity contribution in [2.75, 3.05) is 0 Å². The third-order valence-electron chi connectivity index (χ3n) is 4.06. The number of fused-ring (bicyclic) bond motifs is 1. The number of benzene rings is 1. The van der Waals surface area contributed by atoms with Crippen molar-refractivity contribution in [1.29, 1.82) is 0 Å². The van der Waals surface area contributed by atoms with Gasteiger partial charge in [0.25, 0.3) is 11.5 Å². The van der Waals surface area contributed by atoms with Gasteiger partial charge in [0.05, 0.1) is 5.39 Å². The summed E-state index contributed by atoms with van der Waals surface area (Å²) in [4.78, 5) is 30.6. The van der Waals surface area contributed by atoms with Gasteiger partial charge in [0.15, 0.2) is 5.69 Å². The highest BCUT2D eigenvalue weighted by molar-refractivity contribution is 6.05. The van der Waals surface area contributed by atoms with Crippen LogP contribution in [0.2, 0.25) is 0 Å². The van der Waals surface area contributed by atoms with Crippen molar-refractivity contribution in [3.05, 3.63) is 70.2 Å². The van der Waals surface area contributed by atoms with Gasteiger partial charge in [0.2, 0.25) is 0 Å². The second-order valence-corrected chi connectivity index (χ2v) is 7.23. The number of carbonyl (C=O) groups excluding carboxylic acids is 1. The number of hydrogen-bond acceptors (Lipinski definition) is 4. The van der Waals surface area contributed by atoms with E-state index in [1.54, 1.807) is 36.5 Å². The molecule has 2 heterocycles. The van der Waals surface area contributed by atoms with Crippen LogP contribution < -0.4 is 11.0 Å². The van der Waals surface area contributed by atoms with Crippen LogP contribution in [0.5, 0.6) is 0 Å². The number of carbonyl (C=O) groups is 1. The highest BCUT2D eigenvalue weighted by Crippen LogP contribution is 2.14.